The Balaban J connectivity index is 1.44. The van der Waals surface area contributed by atoms with Crippen molar-refractivity contribution in [1.29, 1.82) is 0 Å². The smallest absolute Gasteiger partial charge is 0.276 e. The molecular weight excluding hydrogens is 442 g/mol. The summed E-state index contributed by atoms with van der Waals surface area (Å²) in [4.78, 5) is 51.0. The maximum Gasteiger partial charge on any atom is 0.276 e. The highest BCUT2D eigenvalue weighted by molar-refractivity contribution is 6.30. The van der Waals surface area contributed by atoms with Gasteiger partial charge in [0.05, 0.1) is 12.1 Å². The van der Waals surface area contributed by atoms with E-state index in [0.29, 0.717) is 22.3 Å². The summed E-state index contributed by atoms with van der Waals surface area (Å²) in [6.45, 7) is 0.818. The van der Waals surface area contributed by atoms with Crippen molar-refractivity contribution in [3.63, 3.8) is 0 Å². The minimum Gasteiger partial charge on any atom is -0.484 e. The lowest BCUT2D eigenvalue weighted by Gasteiger charge is -2.26. The number of rotatable bonds is 5. The molecule has 1 N–H and O–H groups in total. The number of carbonyl (C=O) groups excluding carboxylic acids is 4. The summed E-state index contributed by atoms with van der Waals surface area (Å²) in [6, 6.07) is 9.82. The quantitative estimate of drug-likeness (QED) is 0.534. The lowest BCUT2D eigenvalue weighted by atomic mass is 10.2. The molecule has 1 unspecified atom stereocenters. The number of hydrazine groups is 1. The molecule has 11 heteroatoms. The van der Waals surface area contributed by atoms with Crippen molar-refractivity contribution in [2.75, 3.05) is 18.3 Å². The van der Waals surface area contributed by atoms with Crippen molar-refractivity contribution < 1.29 is 33.4 Å². The number of imide groups is 1. The van der Waals surface area contributed by atoms with Crippen LogP contribution in [0.2, 0.25) is 5.02 Å². The van der Waals surface area contributed by atoms with E-state index < -0.39 is 36.3 Å². The Bertz CT molecular complexity index is 1090. The van der Waals surface area contributed by atoms with Crippen LogP contribution in [0.15, 0.2) is 42.5 Å². The van der Waals surface area contributed by atoms with Crippen molar-refractivity contribution in [2.24, 2.45) is 0 Å². The van der Waals surface area contributed by atoms with Gasteiger partial charge in [0.25, 0.3) is 11.8 Å². The van der Waals surface area contributed by atoms with Crippen LogP contribution >= 0.6 is 11.6 Å². The average molecular weight is 460 g/mol. The number of amides is 4. The fraction of sp³-hybridized carbons (Fsp3) is 0.238. The first-order valence-corrected chi connectivity index (χ1v) is 9.95. The summed E-state index contributed by atoms with van der Waals surface area (Å²) in [5.41, 5.74) is 2.64. The molecular formula is C21H18ClN3O7. The Morgan fingerprint density at radius 2 is 1.88 bits per heavy atom. The summed E-state index contributed by atoms with van der Waals surface area (Å²) in [5.74, 6) is -1.13. The van der Waals surface area contributed by atoms with Gasteiger partial charge in [-0.2, -0.15) is 0 Å². The van der Waals surface area contributed by atoms with E-state index in [1.165, 1.54) is 13.0 Å². The fourth-order valence-electron chi connectivity index (χ4n) is 3.34. The monoisotopic (exact) mass is 459 g/mol. The molecule has 2 aromatic carbocycles. The molecule has 10 nitrogen and oxygen atoms in total. The predicted octanol–water partition coefficient (Wildman–Crippen LogP) is 1.66. The molecule has 0 radical (unpaired) electrons. The Morgan fingerprint density at radius 1 is 1.16 bits per heavy atom. The molecule has 1 saturated heterocycles. The number of hydrogen-bond acceptors (Lipinski definition) is 7. The molecule has 0 bridgehead atoms. The average Bonchev–Trinajstić information content (AvgIpc) is 3.34. The number of ether oxygens (including phenoxy) is 3. The van der Waals surface area contributed by atoms with Gasteiger partial charge in [0.2, 0.25) is 18.6 Å². The maximum atomic E-state index is 13.0. The fourth-order valence-corrected chi connectivity index (χ4v) is 3.46. The Hall–Kier alpha value is -3.79. The molecule has 0 saturated carbocycles. The highest BCUT2D eigenvalue weighted by atomic mass is 35.5. The zero-order valence-corrected chi connectivity index (χ0v) is 17.6. The van der Waals surface area contributed by atoms with E-state index in [9.17, 15) is 19.2 Å². The molecule has 4 amide bonds. The van der Waals surface area contributed by atoms with E-state index in [4.69, 9.17) is 25.8 Å². The minimum absolute atomic E-state index is 0.0472. The zero-order chi connectivity index (χ0) is 22.8. The van der Waals surface area contributed by atoms with Crippen LogP contribution in [0.4, 0.5) is 5.69 Å². The van der Waals surface area contributed by atoms with Crippen LogP contribution in [0.3, 0.4) is 0 Å². The van der Waals surface area contributed by atoms with E-state index >= 15 is 0 Å². The number of halogens is 1. The van der Waals surface area contributed by atoms with Crippen LogP contribution in [0.5, 0.6) is 17.2 Å². The van der Waals surface area contributed by atoms with Crippen LogP contribution < -0.4 is 24.5 Å². The summed E-state index contributed by atoms with van der Waals surface area (Å²) >= 11 is 5.80. The van der Waals surface area contributed by atoms with Gasteiger partial charge >= 0.3 is 0 Å². The van der Waals surface area contributed by atoms with Gasteiger partial charge in [-0.15, -0.1) is 0 Å². The van der Waals surface area contributed by atoms with Gasteiger partial charge in [-0.3, -0.25) is 24.6 Å². The lowest BCUT2D eigenvalue weighted by Crippen LogP contribution is -2.54. The number of nitrogens with zero attached hydrogens (tertiary/aromatic N) is 2. The van der Waals surface area contributed by atoms with Crippen molar-refractivity contribution in [3.05, 3.63) is 47.5 Å². The number of carbonyl (C=O) groups is 4. The second kappa shape index (κ2) is 8.75. The maximum absolute atomic E-state index is 13.0. The van der Waals surface area contributed by atoms with Gasteiger partial charge in [-0.1, -0.05) is 11.6 Å². The Labute approximate surface area is 187 Å². The Morgan fingerprint density at radius 3 is 2.59 bits per heavy atom. The molecule has 4 rings (SSSR count). The minimum atomic E-state index is -1.19. The third-order valence-corrected chi connectivity index (χ3v) is 5.07. The predicted molar refractivity (Wildman–Crippen MR) is 111 cm³/mol. The van der Waals surface area contributed by atoms with Gasteiger partial charge in [0.15, 0.2) is 18.1 Å². The molecule has 0 spiro atoms. The molecule has 2 heterocycles. The first-order valence-electron chi connectivity index (χ1n) is 9.57. The van der Waals surface area contributed by atoms with Gasteiger partial charge in [-0.25, -0.2) is 9.91 Å². The van der Waals surface area contributed by atoms with E-state index in [0.717, 1.165) is 9.91 Å². The van der Waals surface area contributed by atoms with Gasteiger partial charge in [0.1, 0.15) is 11.8 Å². The number of benzene rings is 2. The topological polar surface area (TPSA) is 114 Å². The van der Waals surface area contributed by atoms with Crippen molar-refractivity contribution >= 4 is 40.9 Å². The lowest BCUT2D eigenvalue weighted by molar-refractivity contribution is -0.146. The molecule has 2 aromatic rings. The largest absolute Gasteiger partial charge is 0.484 e. The molecule has 32 heavy (non-hydrogen) atoms. The molecule has 2 aliphatic heterocycles. The van der Waals surface area contributed by atoms with Gasteiger partial charge in [0, 0.05) is 18.0 Å². The summed E-state index contributed by atoms with van der Waals surface area (Å²) < 4.78 is 15.9. The van der Waals surface area contributed by atoms with Crippen LogP contribution in [-0.4, -0.2) is 48.1 Å². The third kappa shape index (κ3) is 4.30. The standard InChI is InChI=1S/C21H18ClN3O7/c1-12(26)25(23-19(27)10-30-15-5-2-13(22)3-6-15)16-9-20(28)24(21(16)29)14-4-7-17-18(8-14)32-11-31-17/h2-8,16H,9-11H2,1H3,(H,23,27). The van der Waals surface area contributed by atoms with E-state index in [-0.39, 0.29) is 18.9 Å². The first kappa shape index (κ1) is 21.4. The van der Waals surface area contributed by atoms with Crippen LogP contribution in [-0.2, 0) is 19.2 Å². The third-order valence-electron chi connectivity index (χ3n) is 4.82. The van der Waals surface area contributed by atoms with Crippen LogP contribution in [0.25, 0.3) is 0 Å². The second-order valence-corrected chi connectivity index (χ2v) is 7.43. The van der Waals surface area contributed by atoms with Crippen molar-refractivity contribution in [1.82, 2.24) is 10.4 Å². The summed E-state index contributed by atoms with van der Waals surface area (Å²) in [7, 11) is 0. The second-order valence-electron chi connectivity index (χ2n) is 6.99. The summed E-state index contributed by atoms with van der Waals surface area (Å²) in [6.07, 6.45) is -0.287. The Kier molecular flexibility index (Phi) is 5.87. The van der Waals surface area contributed by atoms with Gasteiger partial charge in [-0.05, 0) is 36.4 Å². The van der Waals surface area contributed by atoms with E-state index in [2.05, 4.69) is 5.43 Å². The highest BCUT2D eigenvalue weighted by Gasteiger charge is 2.45. The van der Waals surface area contributed by atoms with Gasteiger partial charge < -0.3 is 14.2 Å². The summed E-state index contributed by atoms with van der Waals surface area (Å²) in [5, 5.41) is 1.36. The normalized spacial score (nSPS) is 16.8. The van der Waals surface area contributed by atoms with Crippen LogP contribution in [0, 0.1) is 0 Å². The number of anilines is 1. The molecule has 1 atom stereocenters. The van der Waals surface area contributed by atoms with Crippen molar-refractivity contribution in [2.45, 2.75) is 19.4 Å². The van der Waals surface area contributed by atoms with Crippen molar-refractivity contribution in [3.8, 4) is 17.2 Å². The highest BCUT2D eigenvalue weighted by Crippen LogP contribution is 2.37. The molecule has 166 valence electrons. The van der Waals surface area contributed by atoms with Crippen LogP contribution in [0.1, 0.15) is 13.3 Å². The number of fused-ring (bicyclic) bond motifs is 1. The molecule has 2 aliphatic rings. The SMILES string of the molecule is CC(=O)N(NC(=O)COc1ccc(Cl)cc1)C1CC(=O)N(c2ccc3c(c2)OCO3)C1=O. The molecule has 1 fully saturated rings. The number of nitrogens with one attached hydrogen (secondary N) is 1. The first-order chi connectivity index (χ1) is 15.3. The molecule has 0 aromatic heterocycles. The van der Waals surface area contributed by atoms with E-state index in [1.807, 2.05) is 0 Å². The molecule has 0 aliphatic carbocycles. The van der Waals surface area contributed by atoms with E-state index in [1.54, 1.807) is 36.4 Å². The zero-order valence-electron chi connectivity index (χ0n) is 16.9. The number of hydrogen-bond donors (Lipinski definition) is 1.